The van der Waals surface area contributed by atoms with E-state index in [1.807, 2.05) is 30.3 Å². The maximum Gasteiger partial charge on any atom is 0.312 e. The second-order valence-electron chi connectivity index (χ2n) is 3.63. The summed E-state index contributed by atoms with van der Waals surface area (Å²) in [7, 11) is 0. The highest BCUT2D eigenvalue weighted by atomic mass is 16.6. The van der Waals surface area contributed by atoms with Crippen LogP contribution < -0.4 is 4.74 Å². The quantitative estimate of drug-likeness (QED) is 0.546. The fourth-order valence-electron chi connectivity index (χ4n) is 1.51. The fourth-order valence-corrected chi connectivity index (χ4v) is 1.51. The van der Waals surface area contributed by atoms with E-state index in [1.165, 1.54) is 0 Å². The molecule has 0 bridgehead atoms. The predicted octanol–water partition coefficient (Wildman–Crippen LogP) is 2.02. The van der Waals surface area contributed by atoms with Gasteiger partial charge in [-0.15, -0.1) is 0 Å². The molecule has 80 valence electrons. The zero-order valence-electron chi connectivity index (χ0n) is 8.52. The summed E-state index contributed by atoms with van der Waals surface area (Å²) < 4.78 is 10.2. The Morgan fingerprint density at radius 1 is 1.33 bits per heavy atom. The molecule has 1 aliphatic heterocycles. The molecule has 0 saturated carbocycles. The van der Waals surface area contributed by atoms with Gasteiger partial charge in [0, 0.05) is 0 Å². The third-order valence-corrected chi connectivity index (χ3v) is 2.47. The van der Waals surface area contributed by atoms with Gasteiger partial charge in [0.1, 0.15) is 12.4 Å². The fraction of sp³-hybridized carbons (Fsp3) is 0.417. The van der Waals surface area contributed by atoms with Crippen LogP contribution in [0.3, 0.4) is 0 Å². The maximum atomic E-state index is 10.8. The lowest BCUT2D eigenvalue weighted by molar-refractivity contribution is -0.169. The van der Waals surface area contributed by atoms with Crippen molar-refractivity contribution in [1.82, 2.24) is 0 Å². The molecule has 15 heavy (non-hydrogen) atoms. The van der Waals surface area contributed by atoms with Gasteiger partial charge in [-0.2, -0.15) is 0 Å². The Labute approximate surface area is 89.0 Å². The summed E-state index contributed by atoms with van der Waals surface area (Å²) in [5.41, 5.74) is 0. The number of hydrogen-bond acceptors (Lipinski definition) is 3. The first-order valence-electron chi connectivity index (χ1n) is 5.21. The topological polar surface area (TPSA) is 35.5 Å². The molecule has 2 rings (SSSR count). The van der Waals surface area contributed by atoms with Crippen LogP contribution in [0.2, 0.25) is 0 Å². The molecule has 1 aliphatic rings. The summed E-state index contributed by atoms with van der Waals surface area (Å²) >= 11 is 0. The summed E-state index contributed by atoms with van der Waals surface area (Å²) in [5.74, 6) is 0.938. The minimum Gasteiger partial charge on any atom is -0.494 e. The number of carbonyl (C=O) groups is 1. The zero-order valence-corrected chi connectivity index (χ0v) is 8.52. The Balaban J connectivity index is 1.61. The van der Waals surface area contributed by atoms with E-state index in [4.69, 9.17) is 4.74 Å². The van der Waals surface area contributed by atoms with Crippen molar-refractivity contribution >= 4 is 5.97 Å². The molecule has 1 aromatic rings. The van der Waals surface area contributed by atoms with Crippen LogP contribution in [0.5, 0.6) is 5.75 Å². The lowest BCUT2D eigenvalue weighted by atomic mass is 10.0. The van der Waals surface area contributed by atoms with Crippen molar-refractivity contribution in [3.05, 3.63) is 30.3 Å². The van der Waals surface area contributed by atoms with E-state index in [-0.39, 0.29) is 11.9 Å². The van der Waals surface area contributed by atoms with Crippen LogP contribution in [0.25, 0.3) is 0 Å². The van der Waals surface area contributed by atoms with Gasteiger partial charge in [-0.05, 0) is 25.0 Å². The summed E-state index contributed by atoms with van der Waals surface area (Å²) in [6.45, 7) is 1.25. The second-order valence-corrected chi connectivity index (χ2v) is 3.63. The Morgan fingerprint density at radius 2 is 2.13 bits per heavy atom. The normalized spacial score (nSPS) is 19.2. The third kappa shape index (κ3) is 2.72. The average molecular weight is 206 g/mol. The lowest BCUT2D eigenvalue weighted by Gasteiger charge is -2.24. The van der Waals surface area contributed by atoms with E-state index in [0.717, 1.165) is 18.6 Å². The zero-order chi connectivity index (χ0) is 10.5. The first kappa shape index (κ1) is 10.0. The van der Waals surface area contributed by atoms with Crippen molar-refractivity contribution < 1.29 is 14.3 Å². The van der Waals surface area contributed by atoms with Gasteiger partial charge in [-0.1, -0.05) is 18.2 Å². The number of ether oxygens (including phenoxy) is 2. The van der Waals surface area contributed by atoms with E-state index >= 15 is 0 Å². The number of benzene rings is 1. The molecule has 1 fully saturated rings. The van der Waals surface area contributed by atoms with Crippen molar-refractivity contribution in [2.75, 3.05) is 13.2 Å². The summed E-state index contributed by atoms with van der Waals surface area (Å²) in [5, 5.41) is 0. The maximum absolute atomic E-state index is 10.8. The minimum absolute atomic E-state index is 0.0605. The largest absolute Gasteiger partial charge is 0.494 e. The van der Waals surface area contributed by atoms with Crippen LogP contribution in [0.4, 0.5) is 0 Å². The molecule has 1 unspecified atom stereocenters. The number of esters is 1. The number of para-hydroxylation sites is 1. The van der Waals surface area contributed by atoms with Crippen molar-refractivity contribution in [3.63, 3.8) is 0 Å². The first-order valence-corrected chi connectivity index (χ1v) is 5.21. The van der Waals surface area contributed by atoms with Gasteiger partial charge in [-0.25, -0.2) is 0 Å². The number of cyclic esters (lactones) is 1. The van der Waals surface area contributed by atoms with Crippen molar-refractivity contribution in [2.45, 2.75) is 12.8 Å². The smallest absolute Gasteiger partial charge is 0.312 e. The van der Waals surface area contributed by atoms with Crippen LogP contribution in [0.1, 0.15) is 12.8 Å². The first-order chi connectivity index (χ1) is 7.36. The Bertz CT molecular complexity index is 321. The molecule has 0 amide bonds. The van der Waals surface area contributed by atoms with Gasteiger partial charge in [0.05, 0.1) is 12.5 Å². The third-order valence-electron chi connectivity index (χ3n) is 2.47. The van der Waals surface area contributed by atoms with Gasteiger partial charge in [0.2, 0.25) is 0 Å². The SMILES string of the molecule is O=C1OCC1CCCOc1ccccc1. The molecule has 3 heteroatoms. The highest BCUT2D eigenvalue weighted by Crippen LogP contribution is 2.18. The molecule has 0 radical (unpaired) electrons. The number of carbonyl (C=O) groups excluding carboxylic acids is 1. The van der Waals surface area contributed by atoms with Gasteiger partial charge in [0.15, 0.2) is 0 Å². The predicted molar refractivity (Wildman–Crippen MR) is 55.6 cm³/mol. The number of hydrogen-bond donors (Lipinski definition) is 0. The molecule has 0 spiro atoms. The van der Waals surface area contributed by atoms with Crippen LogP contribution in [-0.2, 0) is 9.53 Å². The molecule has 1 heterocycles. The van der Waals surface area contributed by atoms with Gasteiger partial charge in [-0.3, -0.25) is 4.79 Å². The highest BCUT2D eigenvalue weighted by molar-refractivity contribution is 5.77. The highest BCUT2D eigenvalue weighted by Gasteiger charge is 2.29. The molecular formula is C12H14O3. The summed E-state index contributed by atoms with van der Waals surface area (Å²) in [6, 6.07) is 9.70. The van der Waals surface area contributed by atoms with Crippen LogP contribution >= 0.6 is 0 Å². The molecular weight excluding hydrogens is 192 g/mol. The monoisotopic (exact) mass is 206 g/mol. The van der Waals surface area contributed by atoms with Gasteiger partial charge in [0.25, 0.3) is 0 Å². The van der Waals surface area contributed by atoms with Gasteiger partial charge >= 0.3 is 5.97 Å². The lowest BCUT2D eigenvalue weighted by Crippen LogP contribution is -2.34. The van der Waals surface area contributed by atoms with E-state index < -0.39 is 0 Å². The average Bonchev–Trinajstić information content (AvgIpc) is 2.28. The van der Waals surface area contributed by atoms with Gasteiger partial charge < -0.3 is 9.47 Å². The molecule has 3 nitrogen and oxygen atoms in total. The molecule has 1 aromatic carbocycles. The van der Waals surface area contributed by atoms with Crippen LogP contribution in [0, 0.1) is 5.92 Å². The Kier molecular flexibility index (Phi) is 3.22. The molecule has 1 saturated heterocycles. The molecule has 1 atom stereocenters. The van der Waals surface area contributed by atoms with Crippen LogP contribution in [0.15, 0.2) is 30.3 Å². The Hall–Kier alpha value is -1.51. The Morgan fingerprint density at radius 3 is 2.73 bits per heavy atom. The van der Waals surface area contributed by atoms with E-state index in [0.29, 0.717) is 13.2 Å². The van der Waals surface area contributed by atoms with E-state index in [2.05, 4.69) is 4.74 Å². The van der Waals surface area contributed by atoms with Crippen molar-refractivity contribution in [3.8, 4) is 5.75 Å². The summed E-state index contributed by atoms with van der Waals surface area (Å²) in [6.07, 6.45) is 1.76. The van der Waals surface area contributed by atoms with Crippen molar-refractivity contribution in [2.24, 2.45) is 5.92 Å². The standard InChI is InChI=1S/C12H14O3/c13-12-10(9-15-12)5-4-8-14-11-6-2-1-3-7-11/h1-3,6-7,10H,4-5,8-9H2. The van der Waals surface area contributed by atoms with E-state index in [9.17, 15) is 4.79 Å². The summed E-state index contributed by atoms with van der Waals surface area (Å²) in [4.78, 5) is 10.8. The molecule has 0 aromatic heterocycles. The second kappa shape index (κ2) is 4.82. The minimum atomic E-state index is -0.0605. The molecule has 0 aliphatic carbocycles. The van der Waals surface area contributed by atoms with E-state index in [1.54, 1.807) is 0 Å². The van der Waals surface area contributed by atoms with Crippen molar-refractivity contribution in [1.29, 1.82) is 0 Å². The number of rotatable bonds is 5. The van der Waals surface area contributed by atoms with Crippen LogP contribution in [-0.4, -0.2) is 19.2 Å². The molecule has 0 N–H and O–H groups in total.